The van der Waals surface area contributed by atoms with Gasteiger partial charge in [-0.1, -0.05) is 31.5 Å². The molecule has 36 heavy (non-hydrogen) atoms. The van der Waals surface area contributed by atoms with Crippen LogP contribution in [0.25, 0.3) is 6.08 Å². The first kappa shape index (κ1) is 29.2. The molecule has 8 heteroatoms. The number of aliphatic carboxylic acids is 1. The van der Waals surface area contributed by atoms with Crippen LogP contribution in [0.1, 0.15) is 37.8 Å². The van der Waals surface area contributed by atoms with Gasteiger partial charge >= 0.3 is 5.97 Å². The minimum absolute atomic E-state index is 0.0424. The monoisotopic (exact) mass is 502 g/mol. The Kier molecular flexibility index (Phi) is 14.1. The summed E-state index contributed by atoms with van der Waals surface area (Å²) in [7, 11) is 1.63. The molecule has 0 amide bonds. The average Bonchev–Trinajstić information content (AvgIpc) is 2.88. The summed E-state index contributed by atoms with van der Waals surface area (Å²) >= 11 is 0. The highest BCUT2D eigenvalue weighted by Gasteiger charge is 2.11. The second-order valence-corrected chi connectivity index (χ2v) is 7.93. The van der Waals surface area contributed by atoms with Crippen molar-refractivity contribution in [1.82, 2.24) is 0 Å². The van der Waals surface area contributed by atoms with Crippen LogP contribution in [0.2, 0.25) is 0 Å². The highest BCUT2D eigenvalue weighted by Crippen LogP contribution is 2.30. The predicted octanol–water partition coefficient (Wildman–Crippen LogP) is 4.99. The summed E-state index contributed by atoms with van der Waals surface area (Å²) in [5.41, 5.74) is 2.00. The van der Waals surface area contributed by atoms with Crippen LogP contribution in [-0.4, -0.2) is 64.6 Å². The number of carboxylic acid groups (broad SMARTS) is 1. The lowest BCUT2D eigenvalue weighted by atomic mass is 10.1. The molecule has 0 aromatic heterocycles. The standard InChI is InChI=1S/C28H38O8/c1-4-6-14-34-27-19-23(18-24(28(29)30)20-32-5-2)9-12-26(27)35-15-13-22-7-10-25(11-8-22)36-21-33-17-16-31-3/h7-12,18-19H,4-6,13-17,20-21H2,1-3H3,(H,29,30)/b24-18-. The van der Waals surface area contributed by atoms with Gasteiger partial charge in [-0.3, -0.25) is 0 Å². The van der Waals surface area contributed by atoms with Gasteiger partial charge in [-0.25, -0.2) is 4.79 Å². The van der Waals surface area contributed by atoms with Crippen LogP contribution in [0, 0.1) is 0 Å². The van der Waals surface area contributed by atoms with Crippen LogP contribution in [0.5, 0.6) is 17.2 Å². The summed E-state index contributed by atoms with van der Waals surface area (Å²) in [6.45, 7) is 6.63. The smallest absolute Gasteiger partial charge is 0.333 e. The topological polar surface area (TPSA) is 92.7 Å². The number of hydrogen-bond donors (Lipinski definition) is 1. The molecule has 2 rings (SSSR count). The van der Waals surface area contributed by atoms with Crippen molar-refractivity contribution in [2.75, 3.05) is 53.5 Å². The van der Waals surface area contributed by atoms with Crippen molar-refractivity contribution in [2.45, 2.75) is 33.1 Å². The molecule has 0 bridgehead atoms. The first-order valence-corrected chi connectivity index (χ1v) is 12.3. The summed E-state index contributed by atoms with van der Waals surface area (Å²) in [6.07, 6.45) is 4.22. The van der Waals surface area contributed by atoms with Crippen molar-refractivity contribution in [3.63, 3.8) is 0 Å². The second kappa shape index (κ2) is 17.4. The second-order valence-electron chi connectivity index (χ2n) is 7.93. The fraction of sp³-hybridized carbons (Fsp3) is 0.464. The molecule has 0 fully saturated rings. The quantitative estimate of drug-likeness (QED) is 0.163. The highest BCUT2D eigenvalue weighted by atomic mass is 16.7. The van der Waals surface area contributed by atoms with Gasteiger partial charge in [0.05, 0.1) is 38.6 Å². The minimum Gasteiger partial charge on any atom is -0.490 e. The van der Waals surface area contributed by atoms with Gasteiger partial charge in [-0.15, -0.1) is 0 Å². The van der Waals surface area contributed by atoms with Crippen LogP contribution in [0.15, 0.2) is 48.0 Å². The molecule has 0 spiro atoms. The van der Waals surface area contributed by atoms with E-state index in [4.69, 9.17) is 28.4 Å². The predicted molar refractivity (Wildman–Crippen MR) is 138 cm³/mol. The number of benzene rings is 2. The summed E-state index contributed by atoms with van der Waals surface area (Å²) in [6, 6.07) is 13.2. The lowest BCUT2D eigenvalue weighted by Crippen LogP contribution is -2.08. The number of carboxylic acids is 1. The van der Waals surface area contributed by atoms with Crippen molar-refractivity contribution in [3.8, 4) is 17.2 Å². The summed E-state index contributed by atoms with van der Waals surface area (Å²) in [5, 5.41) is 9.45. The fourth-order valence-electron chi connectivity index (χ4n) is 3.09. The van der Waals surface area contributed by atoms with Gasteiger partial charge in [0.15, 0.2) is 18.3 Å². The van der Waals surface area contributed by atoms with Crippen molar-refractivity contribution < 1.29 is 38.3 Å². The van der Waals surface area contributed by atoms with Gasteiger partial charge in [-0.05, 0) is 54.8 Å². The summed E-state index contributed by atoms with van der Waals surface area (Å²) in [5.74, 6) is 0.943. The van der Waals surface area contributed by atoms with E-state index in [1.807, 2.05) is 43.3 Å². The van der Waals surface area contributed by atoms with Crippen molar-refractivity contribution >= 4 is 12.0 Å². The van der Waals surface area contributed by atoms with E-state index >= 15 is 0 Å². The van der Waals surface area contributed by atoms with Crippen molar-refractivity contribution in [3.05, 3.63) is 59.2 Å². The zero-order valence-electron chi connectivity index (χ0n) is 21.5. The molecule has 0 atom stereocenters. The largest absolute Gasteiger partial charge is 0.490 e. The average molecular weight is 503 g/mol. The van der Waals surface area contributed by atoms with E-state index in [1.165, 1.54) is 0 Å². The molecule has 0 aliphatic carbocycles. The van der Waals surface area contributed by atoms with E-state index in [2.05, 4.69) is 6.92 Å². The van der Waals surface area contributed by atoms with E-state index in [-0.39, 0.29) is 19.0 Å². The normalized spacial score (nSPS) is 11.4. The molecule has 0 unspecified atom stereocenters. The van der Waals surface area contributed by atoms with Crippen LogP contribution in [0.4, 0.5) is 0 Å². The Balaban J connectivity index is 1.98. The molecular weight excluding hydrogens is 464 g/mol. The van der Waals surface area contributed by atoms with Crippen LogP contribution in [0.3, 0.4) is 0 Å². The maximum Gasteiger partial charge on any atom is 0.333 e. The lowest BCUT2D eigenvalue weighted by Gasteiger charge is -2.14. The van der Waals surface area contributed by atoms with Crippen LogP contribution < -0.4 is 14.2 Å². The Hall–Kier alpha value is -3.07. The molecule has 0 aliphatic rings. The SMILES string of the molecule is CCCCOc1cc(/C=C(/COCC)C(=O)O)ccc1OCCc1ccc(OCOCCOC)cc1. The maximum absolute atomic E-state index is 11.5. The zero-order valence-corrected chi connectivity index (χ0v) is 21.5. The molecule has 0 heterocycles. The van der Waals surface area contributed by atoms with Gasteiger partial charge in [0.1, 0.15) is 5.75 Å². The fourth-order valence-corrected chi connectivity index (χ4v) is 3.09. The first-order valence-electron chi connectivity index (χ1n) is 12.3. The highest BCUT2D eigenvalue weighted by molar-refractivity contribution is 5.92. The number of hydrogen-bond acceptors (Lipinski definition) is 7. The molecular formula is C28H38O8. The lowest BCUT2D eigenvalue weighted by molar-refractivity contribution is -0.133. The van der Waals surface area contributed by atoms with E-state index in [0.29, 0.717) is 56.5 Å². The number of unbranched alkanes of at least 4 members (excludes halogenated alkanes) is 1. The molecule has 2 aromatic rings. The van der Waals surface area contributed by atoms with E-state index < -0.39 is 5.97 Å². The van der Waals surface area contributed by atoms with Gasteiger partial charge in [0, 0.05) is 20.1 Å². The Morgan fingerprint density at radius 2 is 1.67 bits per heavy atom. The third kappa shape index (κ3) is 11.1. The number of methoxy groups -OCH3 is 1. The molecule has 0 radical (unpaired) electrons. The van der Waals surface area contributed by atoms with Gasteiger partial charge in [-0.2, -0.15) is 0 Å². The van der Waals surface area contributed by atoms with E-state index in [0.717, 1.165) is 24.2 Å². The molecule has 2 aromatic carbocycles. The maximum atomic E-state index is 11.5. The molecule has 0 saturated heterocycles. The Bertz CT molecular complexity index is 924. The van der Waals surface area contributed by atoms with Gasteiger partial charge in [0.2, 0.25) is 0 Å². The van der Waals surface area contributed by atoms with Gasteiger partial charge < -0.3 is 33.5 Å². The number of carbonyl (C=O) groups is 1. The third-order valence-corrected chi connectivity index (χ3v) is 5.11. The molecule has 1 N–H and O–H groups in total. The summed E-state index contributed by atoms with van der Waals surface area (Å²) in [4.78, 5) is 11.5. The van der Waals surface area contributed by atoms with E-state index in [9.17, 15) is 9.90 Å². The minimum atomic E-state index is -1.01. The van der Waals surface area contributed by atoms with Crippen LogP contribution >= 0.6 is 0 Å². The van der Waals surface area contributed by atoms with Gasteiger partial charge in [0.25, 0.3) is 0 Å². The molecule has 8 nitrogen and oxygen atoms in total. The third-order valence-electron chi connectivity index (χ3n) is 5.11. The molecule has 0 saturated carbocycles. The number of ether oxygens (including phenoxy) is 6. The van der Waals surface area contributed by atoms with Crippen molar-refractivity contribution in [1.29, 1.82) is 0 Å². The number of rotatable bonds is 19. The van der Waals surface area contributed by atoms with E-state index in [1.54, 1.807) is 19.3 Å². The summed E-state index contributed by atoms with van der Waals surface area (Å²) < 4.78 is 33.0. The van der Waals surface area contributed by atoms with Crippen molar-refractivity contribution in [2.24, 2.45) is 0 Å². The first-order chi connectivity index (χ1) is 17.6. The Labute approximate surface area is 213 Å². The molecule has 0 aliphatic heterocycles. The Morgan fingerprint density at radius 3 is 2.36 bits per heavy atom. The molecule has 198 valence electrons. The Morgan fingerprint density at radius 1 is 0.889 bits per heavy atom. The zero-order chi connectivity index (χ0) is 26.0. The van der Waals surface area contributed by atoms with Crippen LogP contribution in [-0.2, 0) is 25.4 Å².